The van der Waals surface area contributed by atoms with Crippen LogP contribution in [0.15, 0.2) is 38.0 Å². The third-order valence-electron chi connectivity index (χ3n) is 2.17. The third kappa shape index (κ3) is 4.16. The van der Waals surface area contributed by atoms with E-state index in [0.29, 0.717) is 20.1 Å². The van der Waals surface area contributed by atoms with Gasteiger partial charge in [-0.05, 0) is 24.3 Å². The molecule has 0 fully saturated rings. The Hall–Kier alpha value is -0.640. The van der Waals surface area contributed by atoms with Crippen molar-refractivity contribution in [2.75, 3.05) is 17.2 Å². The average Bonchev–Trinajstić information content (AvgIpc) is 2.75. The van der Waals surface area contributed by atoms with Gasteiger partial charge in [-0.1, -0.05) is 39.0 Å². The monoisotopic (exact) mass is 379 g/mol. The largest absolute Gasteiger partial charge is 0.374 e. The number of nitrogens with zero attached hydrogens (tertiary/aromatic N) is 2. The molecular formula is C10H10BrN3O2S3. The first-order chi connectivity index (χ1) is 8.97. The molecule has 0 spiro atoms. The van der Waals surface area contributed by atoms with E-state index in [2.05, 4.69) is 26.1 Å². The van der Waals surface area contributed by atoms with Crippen molar-refractivity contribution in [3.63, 3.8) is 0 Å². The van der Waals surface area contributed by atoms with Gasteiger partial charge in [-0.2, -0.15) is 0 Å². The lowest BCUT2D eigenvalue weighted by molar-refractivity contribution is 0.597. The Kier molecular flexibility index (Phi) is 4.82. The Morgan fingerprint density at radius 2 is 1.95 bits per heavy atom. The number of sulfone groups is 1. The summed E-state index contributed by atoms with van der Waals surface area (Å²) in [7, 11) is -3.26. The highest BCUT2D eigenvalue weighted by molar-refractivity contribution is 9.10. The lowest BCUT2D eigenvalue weighted by atomic mass is 10.4. The van der Waals surface area contributed by atoms with Crippen molar-refractivity contribution in [3.05, 3.63) is 28.7 Å². The van der Waals surface area contributed by atoms with E-state index in [-0.39, 0.29) is 5.75 Å². The lowest BCUT2D eigenvalue weighted by Gasteiger charge is -2.03. The molecule has 2 N–H and O–H groups in total. The molecule has 0 saturated heterocycles. The number of rotatable bonds is 5. The third-order valence-corrected chi connectivity index (χ3v) is 6.58. The van der Waals surface area contributed by atoms with Gasteiger partial charge in [0.25, 0.3) is 0 Å². The summed E-state index contributed by atoms with van der Waals surface area (Å²) < 4.78 is 25.6. The molecule has 1 heterocycles. The molecule has 2 aromatic rings. The maximum Gasteiger partial charge on any atom is 0.203 e. The van der Waals surface area contributed by atoms with Gasteiger partial charge >= 0.3 is 0 Å². The summed E-state index contributed by atoms with van der Waals surface area (Å²) in [6.45, 7) is 0. The molecule has 102 valence electrons. The Morgan fingerprint density at radius 1 is 1.26 bits per heavy atom. The van der Waals surface area contributed by atoms with E-state index >= 15 is 0 Å². The Balaban J connectivity index is 1.96. The van der Waals surface area contributed by atoms with Crippen LogP contribution in [0.4, 0.5) is 5.13 Å². The van der Waals surface area contributed by atoms with Crippen molar-refractivity contribution in [2.45, 2.75) is 9.24 Å². The highest BCUT2D eigenvalue weighted by Crippen LogP contribution is 2.24. The summed E-state index contributed by atoms with van der Waals surface area (Å²) in [5, 5.41) is 7.88. The SMILES string of the molecule is Nc1nnc(SCCS(=O)(=O)c2ccc(Br)cc2)s1. The maximum atomic E-state index is 12.1. The minimum Gasteiger partial charge on any atom is -0.374 e. The summed E-state index contributed by atoms with van der Waals surface area (Å²) in [6, 6.07) is 6.61. The zero-order valence-electron chi connectivity index (χ0n) is 9.61. The van der Waals surface area contributed by atoms with Crippen molar-refractivity contribution in [3.8, 4) is 0 Å². The van der Waals surface area contributed by atoms with Gasteiger partial charge in [0, 0.05) is 10.2 Å². The van der Waals surface area contributed by atoms with Gasteiger partial charge in [0.05, 0.1) is 10.6 Å². The number of benzene rings is 1. The van der Waals surface area contributed by atoms with Crippen LogP contribution in [0.25, 0.3) is 0 Å². The lowest BCUT2D eigenvalue weighted by Crippen LogP contribution is -2.08. The second-order valence-electron chi connectivity index (χ2n) is 3.53. The van der Waals surface area contributed by atoms with Crippen LogP contribution < -0.4 is 5.73 Å². The van der Waals surface area contributed by atoms with Crippen molar-refractivity contribution in [1.82, 2.24) is 10.2 Å². The van der Waals surface area contributed by atoms with Crippen LogP contribution >= 0.6 is 39.0 Å². The Morgan fingerprint density at radius 3 is 2.53 bits per heavy atom. The molecule has 0 saturated carbocycles. The highest BCUT2D eigenvalue weighted by Gasteiger charge is 2.14. The second-order valence-corrected chi connectivity index (χ2v) is 8.90. The molecular weight excluding hydrogens is 370 g/mol. The van der Waals surface area contributed by atoms with Crippen LogP contribution in [0.3, 0.4) is 0 Å². The topological polar surface area (TPSA) is 85.9 Å². The first-order valence-corrected chi connectivity index (χ1v) is 9.42. The van der Waals surface area contributed by atoms with Crippen LogP contribution in [0, 0.1) is 0 Å². The van der Waals surface area contributed by atoms with E-state index < -0.39 is 9.84 Å². The number of hydrogen-bond acceptors (Lipinski definition) is 7. The standard InChI is InChI=1S/C10H10BrN3O2S3/c11-7-1-3-8(4-2-7)19(15,16)6-5-17-10-14-13-9(12)18-10/h1-4H,5-6H2,(H2,12,13). The number of aromatic nitrogens is 2. The zero-order valence-corrected chi connectivity index (χ0v) is 13.7. The first kappa shape index (κ1) is 14.8. The summed E-state index contributed by atoms with van der Waals surface area (Å²) >= 11 is 5.87. The molecule has 0 radical (unpaired) electrons. The summed E-state index contributed by atoms with van der Waals surface area (Å²) in [4.78, 5) is 0.327. The number of anilines is 1. The minimum atomic E-state index is -3.26. The van der Waals surface area contributed by atoms with Gasteiger partial charge in [-0.15, -0.1) is 10.2 Å². The van der Waals surface area contributed by atoms with Crippen LogP contribution in [0.2, 0.25) is 0 Å². The molecule has 1 aromatic heterocycles. The van der Waals surface area contributed by atoms with E-state index in [9.17, 15) is 8.42 Å². The fourth-order valence-corrected chi connectivity index (χ4v) is 4.90. The van der Waals surface area contributed by atoms with Crippen LogP contribution in [-0.4, -0.2) is 30.1 Å². The quantitative estimate of drug-likeness (QED) is 0.802. The summed E-state index contributed by atoms with van der Waals surface area (Å²) in [5.41, 5.74) is 5.45. The summed E-state index contributed by atoms with van der Waals surface area (Å²) in [5.74, 6) is 0.478. The van der Waals surface area contributed by atoms with E-state index in [1.807, 2.05) is 0 Å². The number of nitrogen functional groups attached to an aromatic ring is 1. The van der Waals surface area contributed by atoms with Crippen LogP contribution in [0.1, 0.15) is 0 Å². The molecule has 0 aliphatic rings. The van der Waals surface area contributed by atoms with E-state index in [4.69, 9.17) is 5.73 Å². The fraction of sp³-hybridized carbons (Fsp3) is 0.200. The molecule has 0 atom stereocenters. The number of hydrogen-bond donors (Lipinski definition) is 1. The molecule has 0 amide bonds. The van der Waals surface area contributed by atoms with Gasteiger partial charge in [-0.3, -0.25) is 0 Å². The van der Waals surface area contributed by atoms with E-state index in [1.165, 1.54) is 23.1 Å². The molecule has 0 bridgehead atoms. The van der Waals surface area contributed by atoms with Crippen molar-refractivity contribution >= 4 is 54.0 Å². The molecule has 19 heavy (non-hydrogen) atoms. The fourth-order valence-electron chi connectivity index (χ4n) is 1.28. The van der Waals surface area contributed by atoms with Crippen molar-refractivity contribution in [2.24, 2.45) is 0 Å². The van der Waals surface area contributed by atoms with Crippen LogP contribution in [-0.2, 0) is 9.84 Å². The smallest absolute Gasteiger partial charge is 0.203 e. The summed E-state index contributed by atoms with van der Waals surface area (Å²) in [6.07, 6.45) is 0. The van der Waals surface area contributed by atoms with Crippen molar-refractivity contribution in [1.29, 1.82) is 0 Å². The Bertz CT molecular complexity index is 655. The number of nitrogens with two attached hydrogens (primary N) is 1. The normalized spacial score (nSPS) is 11.6. The molecule has 0 aliphatic carbocycles. The molecule has 0 unspecified atom stereocenters. The predicted molar refractivity (Wildman–Crippen MR) is 81.2 cm³/mol. The van der Waals surface area contributed by atoms with Gasteiger partial charge in [0.1, 0.15) is 0 Å². The zero-order chi connectivity index (χ0) is 13.9. The maximum absolute atomic E-state index is 12.1. The second kappa shape index (κ2) is 6.21. The van der Waals surface area contributed by atoms with E-state index in [0.717, 1.165) is 4.47 Å². The first-order valence-electron chi connectivity index (χ1n) is 5.17. The van der Waals surface area contributed by atoms with Gasteiger partial charge in [0.2, 0.25) is 5.13 Å². The van der Waals surface area contributed by atoms with Crippen LogP contribution in [0.5, 0.6) is 0 Å². The molecule has 9 heteroatoms. The van der Waals surface area contributed by atoms with Crippen molar-refractivity contribution < 1.29 is 8.42 Å². The van der Waals surface area contributed by atoms with Gasteiger partial charge in [0.15, 0.2) is 14.2 Å². The average molecular weight is 380 g/mol. The van der Waals surface area contributed by atoms with Gasteiger partial charge < -0.3 is 5.73 Å². The number of halogens is 1. The Labute approximate surface area is 127 Å². The molecule has 1 aromatic carbocycles. The highest BCUT2D eigenvalue weighted by atomic mass is 79.9. The molecule has 0 aliphatic heterocycles. The molecule has 5 nitrogen and oxygen atoms in total. The molecule has 2 rings (SSSR count). The number of thioether (sulfide) groups is 1. The van der Waals surface area contributed by atoms with Gasteiger partial charge in [-0.25, -0.2) is 8.42 Å². The predicted octanol–water partition coefficient (Wildman–Crippen LogP) is 2.45. The minimum absolute atomic E-state index is 0.0543. The van der Waals surface area contributed by atoms with E-state index in [1.54, 1.807) is 24.3 Å².